The lowest BCUT2D eigenvalue weighted by Crippen LogP contribution is -2.38. The van der Waals surface area contributed by atoms with E-state index in [2.05, 4.69) is 0 Å². The molecule has 0 unspecified atom stereocenters. The Hall–Kier alpha value is -1.59. The summed E-state index contributed by atoms with van der Waals surface area (Å²) in [5, 5.41) is 9.63. The van der Waals surface area contributed by atoms with Crippen LogP contribution in [0, 0.1) is 0 Å². The number of carbonyl (C=O) groups excluding carboxylic acids is 1. The summed E-state index contributed by atoms with van der Waals surface area (Å²) in [5.74, 6) is 0. The first-order chi connectivity index (χ1) is 9.20. The van der Waals surface area contributed by atoms with Crippen molar-refractivity contribution in [1.29, 1.82) is 0 Å². The molecule has 1 heterocycles. The van der Waals surface area contributed by atoms with Crippen LogP contribution in [0.2, 0.25) is 0 Å². The van der Waals surface area contributed by atoms with Crippen LogP contribution in [-0.2, 0) is 16.1 Å². The quantitative estimate of drug-likeness (QED) is 0.894. The fourth-order valence-electron chi connectivity index (χ4n) is 2.27. The summed E-state index contributed by atoms with van der Waals surface area (Å²) < 4.78 is 10.3. The third-order valence-electron chi connectivity index (χ3n) is 3.19. The molecule has 1 amide bonds. The summed E-state index contributed by atoms with van der Waals surface area (Å²) in [4.78, 5) is 13.5. The zero-order chi connectivity index (χ0) is 13.7. The first-order valence-electron chi connectivity index (χ1n) is 6.35. The fraction of sp³-hybridized carbons (Fsp3) is 0.500. The average molecular weight is 265 g/mol. The van der Waals surface area contributed by atoms with E-state index >= 15 is 0 Å². The van der Waals surface area contributed by atoms with Crippen molar-refractivity contribution in [2.24, 2.45) is 0 Å². The molecule has 0 saturated carbocycles. The first kappa shape index (κ1) is 13.8. The molecule has 1 aliphatic heterocycles. The van der Waals surface area contributed by atoms with Crippen LogP contribution in [0.15, 0.2) is 30.3 Å². The van der Waals surface area contributed by atoms with Gasteiger partial charge in [-0.1, -0.05) is 30.3 Å². The lowest BCUT2D eigenvalue weighted by Gasteiger charge is -2.23. The number of aliphatic hydroxyl groups excluding tert-OH is 1. The van der Waals surface area contributed by atoms with Crippen molar-refractivity contribution in [3.63, 3.8) is 0 Å². The molecule has 1 saturated heterocycles. The van der Waals surface area contributed by atoms with Crippen LogP contribution in [0.3, 0.4) is 0 Å². The summed E-state index contributed by atoms with van der Waals surface area (Å²) in [6, 6.07) is 9.41. The highest BCUT2D eigenvalue weighted by atomic mass is 16.6. The zero-order valence-electron chi connectivity index (χ0n) is 11.0. The van der Waals surface area contributed by atoms with Crippen LogP contribution in [0.25, 0.3) is 0 Å². The number of amides is 1. The molecule has 1 aliphatic rings. The number of methoxy groups -OCH3 is 1. The Morgan fingerprint density at radius 3 is 2.84 bits per heavy atom. The molecule has 19 heavy (non-hydrogen) atoms. The van der Waals surface area contributed by atoms with E-state index < -0.39 is 12.2 Å². The highest BCUT2D eigenvalue weighted by molar-refractivity contribution is 5.68. The van der Waals surface area contributed by atoms with Crippen molar-refractivity contribution in [2.45, 2.75) is 25.2 Å². The molecule has 1 fully saturated rings. The van der Waals surface area contributed by atoms with E-state index in [-0.39, 0.29) is 12.6 Å². The average Bonchev–Trinajstić information content (AvgIpc) is 2.79. The molecular formula is C14H19NO4. The standard InChI is InChI=1S/C14H19NO4/c1-18-10-12-7-13(16)8-15(12)14(17)19-9-11-5-3-2-4-6-11/h2-6,12-13,16H,7-10H2,1H3/t12-,13-/m0/s1. The number of ether oxygens (including phenoxy) is 2. The lowest BCUT2D eigenvalue weighted by atomic mass is 10.2. The molecule has 0 spiro atoms. The number of hydrogen-bond donors (Lipinski definition) is 1. The van der Waals surface area contributed by atoms with E-state index in [1.807, 2.05) is 30.3 Å². The molecule has 1 aromatic carbocycles. The van der Waals surface area contributed by atoms with E-state index in [9.17, 15) is 9.90 Å². The van der Waals surface area contributed by atoms with E-state index in [1.54, 1.807) is 7.11 Å². The maximum atomic E-state index is 12.0. The van der Waals surface area contributed by atoms with Crippen LogP contribution in [-0.4, -0.2) is 48.5 Å². The van der Waals surface area contributed by atoms with Gasteiger partial charge in [0.1, 0.15) is 6.61 Å². The lowest BCUT2D eigenvalue weighted by molar-refractivity contribution is 0.0688. The van der Waals surface area contributed by atoms with Gasteiger partial charge in [0.05, 0.1) is 25.3 Å². The minimum Gasteiger partial charge on any atom is -0.445 e. The number of rotatable bonds is 4. The van der Waals surface area contributed by atoms with Crippen molar-refractivity contribution in [1.82, 2.24) is 4.90 Å². The van der Waals surface area contributed by atoms with Crippen molar-refractivity contribution in [3.8, 4) is 0 Å². The Labute approximate surface area is 112 Å². The van der Waals surface area contributed by atoms with Crippen LogP contribution in [0.1, 0.15) is 12.0 Å². The minimum absolute atomic E-state index is 0.108. The Balaban J connectivity index is 1.88. The second-order valence-corrected chi connectivity index (χ2v) is 4.69. The van der Waals surface area contributed by atoms with Crippen LogP contribution < -0.4 is 0 Å². The topological polar surface area (TPSA) is 59.0 Å². The van der Waals surface area contributed by atoms with Crippen molar-refractivity contribution in [3.05, 3.63) is 35.9 Å². The molecular weight excluding hydrogens is 246 g/mol. The van der Waals surface area contributed by atoms with Crippen molar-refractivity contribution >= 4 is 6.09 Å². The minimum atomic E-state index is -0.496. The van der Waals surface area contributed by atoms with Gasteiger partial charge >= 0.3 is 6.09 Å². The van der Waals surface area contributed by atoms with Crippen molar-refractivity contribution in [2.75, 3.05) is 20.3 Å². The van der Waals surface area contributed by atoms with E-state index in [4.69, 9.17) is 9.47 Å². The molecule has 2 rings (SSSR count). The van der Waals surface area contributed by atoms with E-state index in [0.29, 0.717) is 19.6 Å². The summed E-state index contributed by atoms with van der Waals surface area (Å²) in [6.07, 6.45) is -0.360. The first-order valence-corrected chi connectivity index (χ1v) is 6.35. The summed E-state index contributed by atoms with van der Waals surface area (Å²) in [5.41, 5.74) is 0.943. The smallest absolute Gasteiger partial charge is 0.410 e. The highest BCUT2D eigenvalue weighted by Crippen LogP contribution is 2.19. The Morgan fingerprint density at radius 1 is 1.42 bits per heavy atom. The SMILES string of the molecule is COC[C@@H]1C[C@H](O)CN1C(=O)OCc1ccccc1. The van der Waals surface area contributed by atoms with Gasteiger partial charge in [-0.2, -0.15) is 0 Å². The molecule has 0 aliphatic carbocycles. The van der Waals surface area contributed by atoms with Gasteiger partial charge in [0.25, 0.3) is 0 Å². The molecule has 2 atom stereocenters. The number of likely N-dealkylation sites (tertiary alicyclic amines) is 1. The molecule has 0 radical (unpaired) electrons. The highest BCUT2D eigenvalue weighted by Gasteiger charge is 2.35. The second-order valence-electron chi connectivity index (χ2n) is 4.69. The Morgan fingerprint density at radius 2 is 2.16 bits per heavy atom. The molecule has 5 heteroatoms. The van der Waals surface area contributed by atoms with Gasteiger partial charge in [0.2, 0.25) is 0 Å². The normalized spacial score (nSPS) is 22.5. The van der Waals surface area contributed by atoms with Crippen molar-refractivity contribution < 1.29 is 19.4 Å². The van der Waals surface area contributed by atoms with Gasteiger partial charge in [-0.25, -0.2) is 4.79 Å². The molecule has 104 valence electrons. The van der Waals surface area contributed by atoms with Gasteiger partial charge < -0.3 is 19.5 Å². The van der Waals surface area contributed by atoms with Crippen LogP contribution in [0.4, 0.5) is 4.79 Å². The number of benzene rings is 1. The number of β-amino-alcohol motifs (C(OH)–C–C–N with tert-alkyl or cyclic N) is 1. The maximum absolute atomic E-state index is 12.0. The summed E-state index contributed by atoms with van der Waals surface area (Å²) in [7, 11) is 1.58. The fourth-order valence-corrected chi connectivity index (χ4v) is 2.27. The third-order valence-corrected chi connectivity index (χ3v) is 3.19. The summed E-state index contributed by atoms with van der Waals surface area (Å²) >= 11 is 0. The molecule has 5 nitrogen and oxygen atoms in total. The van der Waals surface area contributed by atoms with Gasteiger partial charge in [0, 0.05) is 7.11 Å². The maximum Gasteiger partial charge on any atom is 0.410 e. The monoisotopic (exact) mass is 265 g/mol. The third kappa shape index (κ3) is 3.68. The summed E-state index contributed by atoms with van der Waals surface area (Å²) in [6.45, 7) is 0.963. The molecule has 0 bridgehead atoms. The second kappa shape index (κ2) is 6.54. The number of aliphatic hydroxyl groups is 1. The largest absolute Gasteiger partial charge is 0.445 e. The van der Waals surface area contributed by atoms with E-state index in [0.717, 1.165) is 5.56 Å². The van der Waals surface area contributed by atoms with Gasteiger partial charge in [0.15, 0.2) is 0 Å². The van der Waals surface area contributed by atoms with Gasteiger partial charge in [-0.15, -0.1) is 0 Å². The predicted octanol–water partition coefficient (Wildman–Crippen LogP) is 1.40. The van der Waals surface area contributed by atoms with Crippen LogP contribution in [0.5, 0.6) is 0 Å². The van der Waals surface area contributed by atoms with E-state index in [1.165, 1.54) is 4.90 Å². The number of hydrogen-bond acceptors (Lipinski definition) is 4. The number of carbonyl (C=O) groups is 1. The molecule has 0 aromatic heterocycles. The van der Waals surface area contributed by atoms with Crippen LogP contribution >= 0.6 is 0 Å². The van der Waals surface area contributed by atoms with Gasteiger partial charge in [-0.05, 0) is 12.0 Å². The molecule has 1 N–H and O–H groups in total. The Kier molecular flexibility index (Phi) is 4.76. The Bertz CT molecular complexity index is 409. The predicted molar refractivity (Wildman–Crippen MR) is 69.6 cm³/mol. The molecule has 1 aromatic rings. The zero-order valence-corrected chi connectivity index (χ0v) is 11.0. The number of nitrogens with zero attached hydrogens (tertiary/aromatic N) is 1. The van der Waals surface area contributed by atoms with Gasteiger partial charge in [-0.3, -0.25) is 0 Å².